The van der Waals surface area contributed by atoms with Gasteiger partial charge in [0, 0.05) is 29.7 Å². The molecule has 0 aliphatic carbocycles. The van der Waals surface area contributed by atoms with E-state index in [0.717, 1.165) is 5.56 Å². The molecule has 5 N–H and O–H groups in total. The van der Waals surface area contributed by atoms with Crippen molar-refractivity contribution in [1.82, 2.24) is 14.4 Å². The number of hydrogen-bond donors (Lipinski definition) is 3. The SMILES string of the molecule is CC(C)c1cnc2c(O)c(/C(N)=C/N(N)Cc3ccccc3)ccn2c1=O. The number of fused-ring (bicyclic) bond motifs is 1. The summed E-state index contributed by atoms with van der Waals surface area (Å²) in [5.74, 6) is 5.89. The quantitative estimate of drug-likeness (QED) is 0.472. The van der Waals surface area contributed by atoms with Crippen LogP contribution >= 0.6 is 0 Å². The minimum atomic E-state index is -0.205. The van der Waals surface area contributed by atoms with Crippen LogP contribution in [0.1, 0.15) is 36.5 Å². The molecule has 0 aliphatic rings. The summed E-state index contributed by atoms with van der Waals surface area (Å²) in [6, 6.07) is 11.3. The highest BCUT2D eigenvalue weighted by atomic mass is 16.3. The molecular weight excluding hydrogens is 342 g/mol. The minimum absolute atomic E-state index is 0.0393. The van der Waals surface area contributed by atoms with Crippen molar-refractivity contribution in [3.63, 3.8) is 0 Å². The van der Waals surface area contributed by atoms with E-state index in [9.17, 15) is 9.90 Å². The van der Waals surface area contributed by atoms with Crippen molar-refractivity contribution in [3.8, 4) is 5.75 Å². The number of rotatable bonds is 5. The number of aromatic hydroxyl groups is 1. The second-order valence-corrected chi connectivity index (χ2v) is 6.69. The fourth-order valence-electron chi connectivity index (χ4n) is 2.86. The summed E-state index contributed by atoms with van der Waals surface area (Å²) in [7, 11) is 0. The Morgan fingerprint density at radius 1 is 1.30 bits per heavy atom. The summed E-state index contributed by atoms with van der Waals surface area (Å²) >= 11 is 0. The van der Waals surface area contributed by atoms with E-state index in [4.69, 9.17) is 11.6 Å². The van der Waals surface area contributed by atoms with Crippen LogP contribution in [-0.4, -0.2) is 19.5 Å². The lowest BCUT2D eigenvalue weighted by Crippen LogP contribution is -2.25. The highest BCUT2D eigenvalue weighted by Gasteiger charge is 2.15. The number of hydrazine groups is 1. The fourth-order valence-corrected chi connectivity index (χ4v) is 2.86. The van der Waals surface area contributed by atoms with Crippen LogP contribution in [0.3, 0.4) is 0 Å². The van der Waals surface area contributed by atoms with Gasteiger partial charge in [0.05, 0.1) is 12.2 Å². The zero-order valence-electron chi connectivity index (χ0n) is 15.3. The molecule has 0 fully saturated rings. The lowest BCUT2D eigenvalue weighted by molar-refractivity contribution is 0.387. The van der Waals surface area contributed by atoms with Crippen LogP contribution in [0.25, 0.3) is 11.3 Å². The molecule has 7 heteroatoms. The molecule has 0 bridgehead atoms. The third-order valence-corrected chi connectivity index (χ3v) is 4.32. The van der Waals surface area contributed by atoms with E-state index in [1.165, 1.54) is 15.6 Å². The predicted molar refractivity (Wildman–Crippen MR) is 106 cm³/mol. The van der Waals surface area contributed by atoms with Crippen LogP contribution < -0.4 is 17.1 Å². The van der Waals surface area contributed by atoms with E-state index in [2.05, 4.69) is 4.98 Å². The molecule has 140 valence electrons. The van der Waals surface area contributed by atoms with E-state index in [-0.39, 0.29) is 28.6 Å². The molecule has 0 saturated heterocycles. The molecule has 7 nitrogen and oxygen atoms in total. The van der Waals surface area contributed by atoms with Crippen LogP contribution in [-0.2, 0) is 6.54 Å². The van der Waals surface area contributed by atoms with Gasteiger partial charge in [-0.05, 0) is 17.5 Å². The number of pyridine rings is 1. The maximum Gasteiger partial charge on any atom is 0.261 e. The van der Waals surface area contributed by atoms with Crippen molar-refractivity contribution >= 4 is 11.3 Å². The Hall–Kier alpha value is -3.32. The van der Waals surface area contributed by atoms with Gasteiger partial charge in [-0.15, -0.1) is 0 Å². The first-order valence-electron chi connectivity index (χ1n) is 8.64. The Morgan fingerprint density at radius 3 is 2.67 bits per heavy atom. The number of aromatic nitrogens is 2. The van der Waals surface area contributed by atoms with E-state index in [1.54, 1.807) is 18.5 Å². The minimum Gasteiger partial charge on any atom is -0.504 e. The van der Waals surface area contributed by atoms with Crippen LogP contribution in [0.5, 0.6) is 5.75 Å². The van der Waals surface area contributed by atoms with Gasteiger partial charge in [0.15, 0.2) is 11.4 Å². The van der Waals surface area contributed by atoms with Crippen LogP contribution in [0.4, 0.5) is 0 Å². The predicted octanol–water partition coefficient (Wildman–Crippen LogP) is 2.16. The smallest absolute Gasteiger partial charge is 0.261 e. The van der Waals surface area contributed by atoms with Crippen LogP contribution in [0.15, 0.2) is 59.8 Å². The van der Waals surface area contributed by atoms with E-state index in [0.29, 0.717) is 17.7 Å². The third-order valence-electron chi connectivity index (χ3n) is 4.32. The molecule has 2 aromatic heterocycles. The first kappa shape index (κ1) is 18.5. The van der Waals surface area contributed by atoms with Crippen molar-refractivity contribution in [2.75, 3.05) is 0 Å². The molecule has 3 rings (SSSR count). The third kappa shape index (κ3) is 3.78. The summed E-state index contributed by atoms with van der Waals surface area (Å²) in [5.41, 5.74) is 8.32. The zero-order valence-corrected chi connectivity index (χ0v) is 15.3. The highest BCUT2D eigenvalue weighted by Crippen LogP contribution is 2.26. The molecule has 0 saturated carbocycles. The number of nitrogens with two attached hydrogens (primary N) is 2. The van der Waals surface area contributed by atoms with Crippen molar-refractivity contribution in [2.24, 2.45) is 11.6 Å². The summed E-state index contributed by atoms with van der Waals surface area (Å²) in [6.07, 6.45) is 4.60. The summed E-state index contributed by atoms with van der Waals surface area (Å²) < 4.78 is 1.33. The van der Waals surface area contributed by atoms with Gasteiger partial charge < -0.3 is 15.8 Å². The van der Waals surface area contributed by atoms with Gasteiger partial charge in [-0.3, -0.25) is 9.20 Å². The monoisotopic (exact) mass is 365 g/mol. The summed E-state index contributed by atoms with van der Waals surface area (Å²) in [5, 5.41) is 12.0. The average molecular weight is 365 g/mol. The molecule has 3 aromatic rings. The maximum atomic E-state index is 12.5. The zero-order chi connectivity index (χ0) is 19.6. The molecular formula is C20H23N5O2. The number of nitrogens with zero attached hydrogens (tertiary/aromatic N) is 3. The van der Waals surface area contributed by atoms with Gasteiger partial charge in [0.1, 0.15) is 0 Å². The maximum absolute atomic E-state index is 12.5. The Morgan fingerprint density at radius 2 is 2.00 bits per heavy atom. The van der Waals surface area contributed by atoms with E-state index < -0.39 is 0 Å². The molecule has 0 amide bonds. The van der Waals surface area contributed by atoms with Gasteiger partial charge in [-0.2, -0.15) is 0 Å². The van der Waals surface area contributed by atoms with E-state index in [1.807, 2.05) is 44.2 Å². The number of hydrogen-bond acceptors (Lipinski definition) is 6. The van der Waals surface area contributed by atoms with Crippen molar-refractivity contribution in [2.45, 2.75) is 26.3 Å². The van der Waals surface area contributed by atoms with Gasteiger partial charge >= 0.3 is 0 Å². The van der Waals surface area contributed by atoms with E-state index >= 15 is 0 Å². The van der Waals surface area contributed by atoms with Gasteiger partial charge in [-0.1, -0.05) is 44.2 Å². The molecule has 1 aromatic carbocycles. The Kier molecular flexibility index (Phi) is 5.14. The topological polar surface area (TPSA) is 110 Å². The molecule has 0 aliphatic heterocycles. The lowest BCUT2D eigenvalue weighted by Gasteiger charge is -2.16. The fraction of sp³-hybridized carbons (Fsp3) is 0.200. The molecule has 27 heavy (non-hydrogen) atoms. The standard InChI is InChI=1S/C20H23N5O2/c1-13(2)16-10-23-19-18(26)15(8-9-25(19)20(16)27)17(21)12-24(22)11-14-6-4-3-5-7-14/h3-10,12-13,26H,11,21-22H2,1-2H3/b17-12-. The van der Waals surface area contributed by atoms with Crippen molar-refractivity contribution in [1.29, 1.82) is 0 Å². The largest absolute Gasteiger partial charge is 0.504 e. The Labute approximate surface area is 157 Å². The van der Waals surface area contributed by atoms with Crippen LogP contribution in [0.2, 0.25) is 0 Å². The summed E-state index contributed by atoms with van der Waals surface area (Å²) in [4.78, 5) is 16.8. The molecule has 0 spiro atoms. The van der Waals surface area contributed by atoms with Gasteiger partial charge in [0.2, 0.25) is 0 Å². The second kappa shape index (κ2) is 7.51. The number of benzene rings is 1. The molecule has 0 unspecified atom stereocenters. The second-order valence-electron chi connectivity index (χ2n) is 6.69. The normalized spacial score (nSPS) is 11.9. The van der Waals surface area contributed by atoms with Crippen molar-refractivity contribution < 1.29 is 5.11 Å². The van der Waals surface area contributed by atoms with Crippen molar-refractivity contribution in [3.05, 3.63) is 82.0 Å². The first-order valence-corrected chi connectivity index (χ1v) is 8.64. The molecule has 0 atom stereocenters. The highest BCUT2D eigenvalue weighted by molar-refractivity contribution is 5.73. The van der Waals surface area contributed by atoms with Gasteiger partial charge in [-0.25, -0.2) is 10.8 Å². The Bertz CT molecular complexity index is 1040. The average Bonchev–Trinajstić information content (AvgIpc) is 2.63. The van der Waals surface area contributed by atoms with Crippen LogP contribution in [0, 0.1) is 0 Å². The Balaban J connectivity index is 1.95. The molecule has 0 radical (unpaired) electrons. The lowest BCUT2D eigenvalue weighted by atomic mass is 10.1. The molecule has 2 heterocycles. The van der Waals surface area contributed by atoms with Gasteiger partial charge in [0.25, 0.3) is 5.56 Å². The summed E-state index contributed by atoms with van der Waals surface area (Å²) in [6.45, 7) is 4.30. The first-order chi connectivity index (χ1) is 12.9.